The Kier molecular flexibility index (Phi) is 8.40. The zero-order valence-corrected chi connectivity index (χ0v) is 23.5. The number of carboxylic acid groups (broad SMARTS) is 1. The van der Waals surface area contributed by atoms with Crippen LogP contribution in [0.1, 0.15) is 61.5 Å². The Labute approximate surface area is 235 Å². The van der Waals surface area contributed by atoms with Crippen molar-refractivity contribution in [3.8, 4) is 11.6 Å². The zero-order valence-electron chi connectivity index (χ0n) is 23.5. The fourth-order valence-electron chi connectivity index (χ4n) is 5.68. The third-order valence-corrected chi connectivity index (χ3v) is 7.99. The van der Waals surface area contributed by atoms with Crippen LogP contribution in [-0.4, -0.2) is 64.5 Å². The number of fused-ring (bicyclic) bond motifs is 2. The molecule has 8 nitrogen and oxygen atoms in total. The van der Waals surface area contributed by atoms with Crippen LogP contribution in [-0.2, 0) is 17.8 Å². The van der Waals surface area contributed by atoms with Crippen LogP contribution in [0.25, 0.3) is 17.0 Å². The van der Waals surface area contributed by atoms with Crippen molar-refractivity contribution in [2.75, 3.05) is 26.7 Å². The van der Waals surface area contributed by atoms with Gasteiger partial charge in [-0.3, -0.25) is 0 Å². The zero-order chi connectivity index (χ0) is 28.3. The molecule has 1 atom stereocenters. The minimum Gasteiger partial charge on any atom is -0.488 e. The van der Waals surface area contributed by atoms with Gasteiger partial charge >= 0.3 is 5.97 Å². The lowest BCUT2D eigenvalue weighted by molar-refractivity contribution is -0.131. The predicted octanol–water partition coefficient (Wildman–Crippen LogP) is 4.73. The Morgan fingerprint density at radius 2 is 2.02 bits per heavy atom. The van der Waals surface area contributed by atoms with Gasteiger partial charge in [-0.05, 0) is 87.5 Å². The highest BCUT2D eigenvalue weighted by Crippen LogP contribution is 2.34. The summed E-state index contributed by atoms with van der Waals surface area (Å²) < 4.78 is 11.4. The van der Waals surface area contributed by atoms with E-state index in [0.717, 1.165) is 68.1 Å². The smallest absolute Gasteiger partial charge is 0.328 e. The molecule has 1 unspecified atom stereocenters. The number of β-amino-alcohol motifs (C(OH)–C–C–N with tert-alkyl or cyclic N) is 1. The summed E-state index contributed by atoms with van der Waals surface area (Å²) in [7, 11) is 1.55. The molecular weight excluding hydrogens is 506 g/mol. The van der Waals surface area contributed by atoms with E-state index in [0.29, 0.717) is 29.5 Å². The van der Waals surface area contributed by atoms with E-state index in [9.17, 15) is 9.90 Å². The Bertz CT molecular complexity index is 1390. The number of likely N-dealkylation sites (tertiary alicyclic amines) is 1. The van der Waals surface area contributed by atoms with Gasteiger partial charge in [0.15, 0.2) is 0 Å². The molecule has 1 saturated heterocycles. The van der Waals surface area contributed by atoms with Gasteiger partial charge in [0.05, 0.1) is 18.7 Å². The highest BCUT2D eigenvalue weighted by molar-refractivity contribution is 5.94. The number of rotatable bonds is 9. The molecule has 2 aromatic carbocycles. The van der Waals surface area contributed by atoms with Crippen LogP contribution in [0.4, 0.5) is 0 Å². The maximum atomic E-state index is 11.2. The van der Waals surface area contributed by atoms with E-state index in [2.05, 4.69) is 47.2 Å². The van der Waals surface area contributed by atoms with Crippen molar-refractivity contribution < 1.29 is 24.5 Å². The first kappa shape index (κ1) is 28.1. The third kappa shape index (κ3) is 6.63. The molecule has 3 heterocycles. The Hall–Kier alpha value is -3.46. The van der Waals surface area contributed by atoms with Crippen molar-refractivity contribution in [1.82, 2.24) is 15.2 Å². The number of hydrogen-bond donors (Lipinski definition) is 3. The molecule has 0 aliphatic carbocycles. The molecule has 1 aromatic heterocycles. The van der Waals surface area contributed by atoms with Gasteiger partial charge in [-0.15, -0.1) is 0 Å². The highest BCUT2D eigenvalue weighted by atomic mass is 16.5. The molecule has 0 amide bonds. The number of nitrogens with zero attached hydrogens (tertiary/aromatic N) is 2. The molecular formula is C32H39N3O5. The summed E-state index contributed by atoms with van der Waals surface area (Å²) in [4.78, 5) is 17.9. The molecule has 0 bridgehead atoms. The van der Waals surface area contributed by atoms with E-state index in [1.54, 1.807) is 19.3 Å². The van der Waals surface area contributed by atoms with Gasteiger partial charge in [0.1, 0.15) is 11.4 Å². The van der Waals surface area contributed by atoms with Gasteiger partial charge in [0.2, 0.25) is 5.88 Å². The molecule has 3 N–H and O–H groups in total. The molecule has 8 heteroatoms. The van der Waals surface area contributed by atoms with Crippen LogP contribution >= 0.6 is 0 Å². The van der Waals surface area contributed by atoms with Gasteiger partial charge in [0.25, 0.3) is 0 Å². The molecule has 0 saturated carbocycles. The highest BCUT2D eigenvalue weighted by Gasteiger charge is 2.27. The molecule has 5 rings (SSSR count). The van der Waals surface area contributed by atoms with Crippen molar-refractivity contribution in [3.05, 3.63) is 70.8 Å². The fourth-order valence-corrected chi connectivity index (χ4v) is 5.68. The van der Waals surface area contributed by atoms with Crippen LogP contribution in [0.2, 0.25) is 0 Å². The topological polar surface area (TPSA) is 104 Å². The SMILES string of the molecule is COc1ccc2c(/C=C/C(=O)O)ccc(C(O)CN3CCC(NCc4ccc5c(c4)CCC(C)(C)O5)CC3)c2n1. The fraction of sp³-hybridized carbons (Fsp3) is 0.438. The molecule has 40 heavy (non-hydrogen) atoms. The van der Waals surface area contributed by atoms with Gasteiger partial charge in [-0.25, -0.2) is 9.78 Å². The number of nitrogens with one attached hydrogen (secondary N) is 1. The molecule has 212 valence electrons. The van der Waals surface area contributed by atoms with Crippen LogP contribution in [0, 0.1) is 0 Å². The number of methoxy groups -OCH3 is 1. The number of hydrogen-bond acceptors (Lipinski definition) is 7. The number of aliphatic carboxylic acids is 1. The van der Waals surface area contributed by atoms with Crippen LogP contribution in [0.5, 0.6) is 11.6 Å². The summed E-state index contributed by atoms with van der Waals surface area (Å²) in [5.41, 5.74) is 4.56. The average molecular weight is 546 g/mol. The number of carbonyl (C=O) groups is 1. The van der Waals surface area contributed by atoms with Crippen molar-refractivity contribution in [2.45, 2.75) is 63.8 Å². The minimum absolute atomic E-state index is 0.0897. The second-order valence-electron chi connectivity index (χ2n) is 11.4. The Morgan fingerprint density at radius 3 is 2.77 bits per heavy atom. The summed E-state index contributed by atoms with van der Waals surface area (Å²) in [5, 5.41) is 24.8. The molecule has 0 spiro atoms. The lowest BCUT2D eigenvalue weighted by Crippen LogP contribution is -2.43. The van der Waals surface area contributed by atoms with E-state index in [1.807, 2.05) is 18.2 Å². The molecule has 1 fully saturated rings. The number of piperidine rings is 1. The maximum absolute atomic E-state index is 11.2. The van der Waals surface area contributed by atoms with E-state index in [-0.39, 0.29) is 5.60 Å². The summed E-state index contributed by atoms with van der Waals surface area (Å²) >= 11 is 0. The van der Waals surface area contributed by atoms with Crippen molar-refractivity contribution in [1.29, 1.82) is 0 Å². The number of aliphatic hydroxyl groups is 1. The second kappa shape index (κ2) is 12.0. The molecule has 0 radical (unpaired) electrons. The number of aromatic nitrogens is 1. The van der Waals surface area contributed by atoms with E-state index in [4.69, 9.17) is 14.6 Å². The van der Waals surface area contributed by atoms with Crippen LogP contribution < -0.4 is 14.8 Å². The second-order valence-corrected chi connectivity index (χ2v) is 11.4. The lowest BCUT2D eigenvalue weighted by atomic mass is 9.93. The van der Waals surface area contributed by atoms with Gasteiger partial charge in [-0.1, -0.05) is 24.3 Å². The standard InChI is InChI=1S/C32H39N3O5/c1-32(2)15-12-23-18-21(4-9-28(23)40-32)19-33-24-13-16-35(17-14-24)20-27(36)26-7-5-22(6-11-30(37)38)25-8-10-29(39-3)34-31(25)26/h4-11,18,24,27,33,36H,12-17,19-20H2,1-3H3,(H,37,38)/b11-6+. The third-order valence-electron chi connectivity index (χ3n) is 7.99. The first-order valence-corrected chi connectivity index (χ1v) is 14.0. The van der Waals surface area contributed by atoms with Gasteiger partial charge in [0, 0.05) is 42.2 Å². The Morgan fingerprint density at radius 1 is 1.23 bits per heavy atom. The van der Waals surface area contributed by atoms with Crippen molar-refractivity contribution in [3.63, 3.8) is 0 Å². The quantitative estimate of drug-likeness (QED) is 0.332. The number of ether oxygens (including phenoxy) is 2. The minimum atomic E-state index is -1.02. The molecule has 2 aliphatic rings. The summed E-state index contributed by atoms with van der Waals surface area (Å²) in [6, 6.07) is 14.2. The van der Waals surface area contributed by atoms with Crippen molar-refractivity contribution in [2.24, 2.45) is 0 Å². The molecule has 3 aromatic rings. The van der Waals surface area contributed by atoms with Gasteiger partial charge < -0.3 is 29.9 Å². The predicted molar refractivity (Wildman–Crippen MR) is 156 cm³/mol. The summed E-state index contributed by atoms with van der Waals surface area (Å²) in [6.45, 7) is 7.43. The van der Waals surface area contributed by atoms with Crippen LogP contribution in [0.15, 0.2) is 48.5 Å². The number of carboxylic acids is 1. The maximum Gasteiger partial charge on any atom is 0.328 e. The summed E-state index contributed by atoms with van der Waals surface area (Å²) in [5.74, 6) is 0.445. The average Bonchev–Trinajstić information content (AvgIpc) is 2.94. The first-order chi connectivity index (χ1) is 19.2. The number of aryl methyl sites for hydroxylation is 1. The first-order valence-electron chi connectivity index (χ1n) is 14.0. The number of pyridine rings is 1. The van der Waals surface area contributed by atoms with Crippen molar-refractivity contribution >= 4 is 22.9 Å². The normalized spacial score (nSPS) is 18.4. The van der Waals surface area contributed by atoms with Crippen LogP contribution in [0.3, 0.4) is 0 Å². The Balaban J connectivity index is 1.18. The van der Waals surface area contributed by atoms with E-state index in [1.165, 1.54) is 11.1 Å². The number of benzene rings is 2. The molecule has 2 aliphatic heterocycles. The van der Waals surface area contributed by atoms with E-state index >= 15 is 0 Å². The largest absolute Gasteiger partial charge is 0.488 e. The monoisotopic (exact) mass is 545 g/mol. The number of aliphatic hydroxyl groups excluding tert-OH is 1. The lowest BCUT2D eigenvalue weighted by Gasteiger charge is -2.34. The van der Waals surface area contributed by atoms with Gasteiger partial charge in [-0.2, -0.15) is 0 Å². The summed E-state index contributed by atoms with van der Waals surface area (Å²) in [6.07, 6.45) is 6.04. The van der Waals surface area contributed by atoms with E-state index < -0.39 is 12.1 Å².